The fourth-order valence-corrected chi connectivity index (χ4v) is 6.80. The van der Waals surface area contributed by atoms with Crippen LogP contribution in [0, 0.1) is 6.92 Å². The molecule has 4 aromatic rings. The molecule has 0 aliphatic carbocycles. The van der Waals surface area contributed by atoms with Gasteiger partial charge in [-0.25, -0.2) is 4.98 Å². The second kappa shape index (κ2) is 12.5. The Balaban J connectivity index is 1.05. The lowest BCUT2D eigenvalue weighted by molar-refractivity contribution is 0.0711. The molecule has 0 N–H and O–H groups in total. The fraction of sp³-hybridized carbons (Fsp3) is 0.375. The second-order valence-corrected chi connectivity index (χ2v) is 11.7. The van der Waals surface area contributed by atoms with E-state index in [1.807, 2.05) is 63.7 Å². The molecule has 2 fully saturated rings. The fourth-order valence-electron chi connectivity index (χ4n) is 5.84. The Bertz CT molecular complexity index is 1590. The van der Waals surface area contributed by atoms with Crippen LogP contribution in [-0.4, -0.2) is 85.2 Å². The van der Waals surface area contributed by atoms with Crippen LogP contribution in [0.15, 0.2) is 58.4 Å². The average Bonchev–Trinajstić information content (AvgIpc) is 3.72. The van der Waals surface area contributed by atoms with Crippen molar-refractivity contribution >= 4 is 28.8 Å². The summed E-state index contributed by atoms with van der Waals surface area (Å²) in [4.78, 5) is 37.6. The highest BCUT2D eigenvalue weighted by Gasteiger charge is 2.32. The van der Waals surface area contributed by atoms with Gasteiger partial charge >= 0.3 is 0 Å². The molecule has 0 saturated carbocycles. The zero-order valence-electron chi connectivity index (χ0n) is 24.6. The van der Waals surface area contributed by atoms with Crippen molar-refractivity contribution in [1.82, 2.24) is 19.9 Å². The summed E-state index contributed by atoms with van der Waals surface area (Å²) in [5.74, 6) is 2.15. The van der Waals surface area contributed by atoms with Crippen molar-refractivity contribution in [3.05, 3.63) is 75.9 Å². The van der Waals surface area contributed by atoms with Gasteiger partial charge in [0.15, 0.2) is 0 Å². The van der Waals surface area contributed by atoms with Gasteiger partial charge in [0.05, 0.1) is 24.9 Å². The minimum absolute atomic E-state index is 0.0344. The van der Waals surface area contributed by atoms with E-state index in [1.54, 1.807) is 21.1 Å². The predicted molar refractivity (Wildman–Crippen MR) is 164 cm³/mol. The molecule has 2 saturated heterocycles. The van der Waals surface area contributed by atoms with Gasteiger partial charge in [-0.2, -0.15) is 0 Å². The molecule has 2 aromatic heterocycles. The Morgan fingerprint density at radius 1 is 0.907 bits per heavy atom. The van der Waals surface area contributed by atoms with Crippen LogP contribution in [0.4, 0.5) is 5.69 Å². The number of hydrogen-bond acceptors (Lipinski definition) is 9. The number of ether oxygens (including phenoxy) is 2. The highest BCUT2D eigenvalue weighted by atomic mass is 32.1. The largest absolute Gasteiger partial charge is 0.497 e. The van der Waals surface area contributed by atoms with Gasteiger partial charge in [0.2, 0.25) is 0 Å². The number of methoxy groups -OCH3 is 2. The molecule has 0 atom stereocenters. The molecule has 224 valence electrons. The van der Waals surface area contributed by atoms with Crippen molar-refractivity contribution in [3.8, 4) is 22.8 Å². The number of amides is 2. The number of piperazine rings is 1. The van der Waals surface area contributed by atoms with Crippen LogP contribution in [0.1, 0.15) is 50.4 Å². The zero-order valence-corrected chi connectivity index (χ0v) is 25.4. The minimum Gasteiger partial charge on any atom is -0.497 e. The lowest BCUT2D eigenvalue weighted by atomic mass is 9.96. The molecule has 6 rings (SSSR count). The molecule has 2 aromatic carbocycles. The molecule has 43 heavy (non-hydrogen) atoms. The summed E-state index contributed by atoms with van der Waals surface area (Å²) in [6.45, 7) is 5.63. The van der Waals surface area contributed by atoms with E-state index in [-0.39, 0.29) is 17.7 Å². The van der Waals surface area contributed by atoms with Crippen LogP contribution in [0.2, 0.25) is 0 Å². The van der Waals surface area contributed by atoms with Gasteiger partial charge in [0, 0.05) is 62.2 Å². The number of benzene rings is 2. The lowest BCUT2D eigenvalue weighted by Gasteiger charge is -2.36. The van der Waals surface area contributed by atoms with Gasteiger partial charge < -0.3 is 28.7 Å². The molecule has 4 heterocycles. The summed E-state index contributed by atoms with van der Waals surface area (Å²) in [5.41, 5.74) is 3.46. The third-order valence-electron chi connectivity index (χ3n) is 8.29. The highest BCUT2D eigenvalue weighted by Crippen LogP contribution is 2.35. The number of anilines is 1. The molecule has 2 aliphatic rings. The van der Waals surface area contributed by atoms with Gasteiger partial charge in [-0.05, 0) is 31.9 Å². The predicted octanol–water partition coefficient (Wildman–Crippen LogP) is 5.11. The number of rotatable bonds is 7. The van der Waals surface area contributed by atoms with E-state index < -0.39 is 0 Å². The van der Waals surface area contributed by atoms with E-state index in [0.717, 1.165) is 40.6 Å². The van der Waals surface area contributed by atoms with Gasteiger partial charge in [0.25, 0.3) is 11.8 Å². The molecule has 2 aliphatic heterocycles. The molecule has 0 spiro atoms. The third-order valence-corrected chi connectivity index (χ3v) is 9.30. The zero-order chi connectivity index (χ0) is 29.9. The molecule has 11 heteroatoms. The summed E-state index contributed by atoms with van der Waals surface area (Å²) in [7, 11) is 3.29. The Labute approximate surface area is 254 Å². The topological polar surface area (TPSA) is 101 Å². The van der Waals surface area contributed by atoms with Crippen LogP contribution < -0.4 is 14.4 Å². The number of carbonyl (C=O) groups excluding carboxylic acids is 2. The van der Waals surface area contributed by atoms with E-state index in [9.17, 15) is 9.59 Å². The number of likely N-dealkylation sites (tertiary alicyclic amines) is 1. The molecule has 2 amide bonds. The SMILES string of the molecule is COc1ccc(N2CCN(C(=O)c3csc(C4CCN(C(=O)c5c(-c6ccccc6)noc5C)CC4)n3)CC2)c(OC)c1. The van der Waals surface area contributed by atoms with Gasteiger partial charge in [-0.3, -0.25) is 9.59 Å². The summed E-state index contributed by atoms with van der Waals surface area (Å²) in [5, 5.41) is 7.01. The van der Waals surface area contributed by atoms with Crippen LogP contribution in [0.25, 0.3) is 11.3 Å². The number of aromatic nitrogens is 2. The first kappa shape index (κ1) is 28.7. The lowest BCUT2D eigenvalue weighted by Crippen LogP contribution is -2.49. The van der Waals surface area contributed by atoms with E-state index in [4.69, 9.17) is 19.0 Å². The number of piperidine rings is 1. The molecule has 0 radical (unpaired) electrons. The Hall–Kier alpha value is -4.38. The minimum atomic E-state index is -0.0579. The van der Waals surface area contributed by atoms with Gasteiger partial charge in [-0.1, -0.05) is 35.5 Å². The van der Waals surface area contributed by atoms with Crippen LogP contribution >= 0.6 is 11.3 Å². The Kier molecular flexibility index (Phi) is 8.33. The summed E-state index contributed by atoms with van der Waals surface area (Å²) in [6, 6.07) is 15.4. The van der Waals surface area contributed by atoms with Crippen LogP contribution in [0.5, 0.6) is 11.5 Å². The Morgan fingerprint density at radius 2 is 1.63 bits per heavy atom. The summed E-state index contributed by atoms with van der Waals surface area (Å²) >= 11 is 1.54. The number of thiazole rings is 1. The van der Waals surface area contributed by atoms with E-state index in [2.05, 4.69) is 10.1 Å². The maximum atomic E-state index is 13.5. The van der Waals surface area contributed by atoms with Gasteiger partial charge in [0.1, 0.15) is 34.2 Å². The van der Waals surface area contributed by atoms with E-state index in [1.165, 1.54) is 11.3 Å². The summed E-state index contributed by atoms with van der Waals surface area (Å²) < 4.78 is 16.3. The first-order valence-corrected chi connectivity index (χ1v) is 15.4. The van der Waals surface area contributed by atoms with Crippen molar-refractivity contribution in [1.29, 1.82) is 0 Å². The molecule has 10 nitrogen and oxygen atoms in total. The monoisotopic (exact) mass is 601 g/mol. The number of nitrogens with zero attached hydrogens (tertiary/aromatic N) is 5. The molecule has 0 unspecified atom stereocenters. The average molecular weight is 602 g/mol. The first-order valence-electron chi connectivity index (χ1n) is 14.5. The number of hydrogen-bond donors (Lipinski definition) is 0. The summed E-state index contributed by atoms with van der Waals surface area (Å²) in [6.07, 6.45) is 1.58. The molecule has 0 bridgehead atoms. The highest BCUT2D eigenvalue weighted by molar-refractivity contribution is 7.09. The van der Waals surface area contributed by atoms with Crippen molar-refractivity contribution < 1.29 is 23.6 Å². The maximum Gasteiger partial charge on any atom is 0.273 e. The van der Waals surface area contributed by atoms with Crippen LogP contribution in [-0.2, 0) is 0 Å². The van der Waals surface area contributed by atoms with Crippen molar-refractivity contribution in [3.63, 3.8) is 0 Å². The van der Waals surface area contributed by atoms with Crippen LogP contribution in [0.3, 0.4) is 0 Å². The third kappa shape index (κ3) is 5.81. The first-order chi connectivity index (χ1) is 21.0. The second-order valence-electron chi connectivity index (χ2n) is 10.8. The smallest absolute Gasteiger partial charge is 0.273 e. The standard InChI is InChI=1S/C32H35N5O5S/c1-21-28(29(34-42-21)22-7-5-4-6-8-22)32(39)36-13-11-23(12-14-36)30-33-25(20-43-30)31(38)37-17-15-35(16-18-37)26-10-9-24(40-2)19-27(26)41-3/h4-10,19-20,23H,11-18H2,1-3H3. The van der Waals surface area contributed by atoms with E-state index >= 15 is 0 Å². The normalized spacial score (nSPS) is 15.9. The molecular weight excluding hydrogens is 566 g/mol. The van der Waals surface area contributed by atoms with Crippen molar-refractivity contribution in [2.24, 2.45) is 0 Å². The number of carbonyl (C=O) groups is 2. The van der Waals surface area contributed by atoms with Gasteiger partial charge in [-0.15, -0.1) is 11.3 Å². The number of aryl methyl sites for hydroxylation is 1. The maximum absolute atomic E-state index is 13.5. The molecular formula is C32H35N5O5S. The quantitative estimate of drug-likeness (QED) is 0.288. The Morgan fingerprint density at radius 3 is 2.33 bits per heavy atom. The van der Waals surface area contributed by atoms with Crippen molar-refractivity contribution in [2.45, 2.75) is 25.7 Å². The van der Waals surface area contributed by atoms with E-state index in [0.29, 0.717) is 62.0 Å². The van der Waals surface area contributed by atoms with Crippen molar-refractivity contribution in [2.75, 3.05) is 58.4 Å².